The summed E-state index contributed by atoms with van der Waals surface area (Å²) in [6.07, 6.45) is 1.99. The second-order valence-electron chi connectivity index (χ2n) is 5.02. The fraction of sp³-hybridized carbons (Fsp3) is 0.588. The highest BCUT2D eigenvalue weighted by molar-refractivity contribution is 5.69. The first kappa shape index (κ1) is 16.5. The first-order valence-corrected chi connectivity index (χ1v) is 7.53. The highest BCUT2D eigenvalue weighted by Crippen LogP contribution is 2.23. The summed E-state index contributed by atoms with van der Waals surface area (Å²) in [5.74, 6) is 0.970. The molecule has 1 rings (SSSR count). The van der Waals surface area contributed by atoms with E-state index in [1.165, 1.54) is 0 Å². The molecule has 0 aliphatic rings. The first-order chi connectivity index (χ1) is 9.62. The third-order valence-corrected chi connectivity index (χ3v) is 3.60. The van der Waals surface area contributed by atoms with E-state index in [0.717, 1.165) is 18.6 Å². The minimum absolute atomic E-state index is 0.155. The van der Waals surface area contributed by atoms with E-state index in [1.807, 2.05) is 44.2 Å². The summed E-state index contributed by atoms with van der Waals surface area (Å²) in [5, 5.41) is 0. The van der Waals surface area contributed by atoms with Gasteiger partial charge in [0.2, 0.25) is 0 Å². The maximum atomic E-state index is 11.6. The number of carbonyl (C=O) groups is 1. The minimum atomic E-state index is -0.197. The first-order valence-electron chi connectivity index (χ1n) is 7.53. The van der Waals surface area contributed by atoms with Crippen molar-refractivity contribution in [3.63, 3.8) is 0 Å². The van der Waals surface area contributed by atoms with Gasteiger partial charge in [-0.1, -0.05) is 39.0 Å². The van der Waals surface area contributed by atoms with Crippen molar-refractivity contribution in [2.45, 2.75) is 59.2 Å². The lowest BCUT2D eigenvalue weighted by Gasteiger charge is -2.30. The Balaban J connectivity index is 2.77. The lowest BCUT2D eigenvalue weighted by molar-refractivity contribution is -0.157. The van der Waals surface area contributed by atoms with Crippen molar-refractivity contribution in [2.24, 2.45) is 5.92 Å². The number of hydrogen-bond acceptors (Lipinski definition) is 3. The molecule has 0 fully saturated rings. The molecule has 0 amide bonds. The summed E-state index contributed by atoms with van der Waals surface area (Å²) in [5.41, 5.74) is 0. The average Bonchev–Trinajstić information content (AvgIpc) is 2.48. The van der Waals surface area contributed by atoms with Gasteiger partial charge in [0.15, 0.2) is 0 Å². The van der Waals surface area contributed by atoms with Gasteiger partial charge in [0.05, 0.1) is 0 Å². The van der Waals surface area contributed by atoms with Crippen LogP contribution in [0.2, 0.25) is 0 Å². The quantitative estimate of drug-likeness (QED) is 0.668. The maximum Gasteiger partial charge on any atom is 0.305 e. The van der Waals surface area contributed by atoms with E-state index in [2.05, 4.69) is 13.8 Å². The van der Waals surface area contributed by atoms with Crippen LogP contribution < -0.4 is 4.74 Å². The van der Waals surface area contributed by atoms with Crippen molar-refractivity contribution < 1.29 is 14.3 Å². The Morgan fingerprint density at radius 2 is 1.70 bits per heavy atom. The van der Waals surface area contributed by atoms with Gasteiger partial charge in [-0.2, -0.15) is 0 Å². The Hall–Kier alpha value is -1.51. The second kappa shape index (κ2) is 8.62. The molecule has 20 heavy (non-hydrogen) atoms. The van der Waals surface area contributed by atoms with Gasteiger partial charge in [-0.3, -0.25) is 4.79 Å². The van der Waals surface area contributed by atoms with E-state index in [4.69, 9.17) is 9.47 Å². The summed E-state index contributed by atoms with van der Waals surface area (Å²) in [6, 6.07) is 9.66. The molecule has 112 valence electrons. The molecule has 0 heterocycles. The van der Waals surface area contributed by atoms with Crippen LogP contribution in [0, 0.1) is 5.92 Å². The molecule has 0 aliphatic carbocycles. The standard InChI is InChI=1S/C17H26O3/c1-5-14(6-2)17(20-16(18)7-3)13(4)19-15-11-9-8-10-12-15/h8-14,17H,5-7H2,1-4H3. The fourth-order valence-corrected chi connectivity index (χ4v) is 2.34. The molecule has 1 aromatic carbocycles. The number of para-hydroxylation sites is 1. The van der Waals surface area contributed by atoms with Gasteiger partial charge in [-0.25, -0.2) is 0 Å². The molecule has 2 unspecified atom stereocenters. The van der Waals surface area contributed by atoms with E-state index in [9.17, 15) is 4.79 Å². The second-order valence-corrected chi connectivity index (χ2v) is 5.02. The summed E-state index contributed by atoms with van der Waals surface area (Å²) in [4.78, 5) is 11.6. The summed E-state index contributed by atoms with van der Waals surface area (Å²) in [7, 11) is 0. The van der Waals surface area contributed by atoms with Gasteiger partial charge in [-0.15, -0.1) is 0 Å². The smallest absolute Gasteiger partial charge is 0.305 e. The molecule has 3 nitrogen and oxygen atoms in total. The minimum Gasteiger partial charge on any atom is -0.487 e. The molecule has 0 aromatic heterocycles. The van der Waals surface area contributed by atoms with Crippen molar-refractivity contribution in [1.82, 2.24) is 0 Å². The predicted molar refractivity (Wildman–Crippen MR) is 80.8 cm³/mol. The SMILES string of the molecule is CCC(=O)OC(C(CC)CC)C(C)Oc1ccccc1. The van der Waals surface area contributed by atoms with E-state index >= 15 is 0 Å². The van der Waals surface area contributed by atoms with Crippen molar-refractivity contribution in [2.75, 3.05) is 0 Å². The molecule has 0 saturated carbocycles. The zero-order valence-corrected chi connectivity index (χ0v) is 13.0. The van der Waals surface area contributed by atoms with Crippen LogP contribution in [0.5, 0.6) is 5.75 Å². The molecule has 3 heteroatoms. The van der Waals surface area contributed by atoms with Gasteiger partial charge >= 0.3 is 5.97 Å². The summed E-state index contributed by atoms with van der Waals surface area (Å²) < 4.78 is 11.5. The summed E-state index contributed by atoms with van der Waals surface area (Å²) >= 11 is 0. The van der Waals surface area contributed by atoms with Gasteiger partial charge in [0.25, 0.3) is 0 Å². The molecule has 0 aliphatic heterocycles. The Bertz CT molecular complexity index is 384. The van der Waals surface area contributed by atoms with Crippen molar-refractivity contribution in [3.05, 3.63) is 30.3 Å². The largest absolute Gasteiger partial charge is 0.487 e. The molecular weight excluding hydrogens is 252 g/mol. The molecule has 0 N–H and O–H groups in total. The number of hydrogen-bond donors (Lipinski definition) is 0. The normalized spacial score (nSPS) is 13.8. The van der Waals surface area contributed by atoms with Crippen LogP contribution in [0.25, 0.3) is 0 Å². The van der Waals surface area contributed by atoms with Crippen LogP contribution in [-0.2, 0) is 9.53 Å². The number of benzene rings is 1. The van der Waals surface area contributed by atoms with Crippen LogP contribution in [0.1, 0.15) is 47.0 Å². The van der Waals surface area contributed by atoms with Gasteiger partial charge in [0.1, 0.15) is 18.0 Å². The zero-order valence-electron chi connectivity index (χ0n) is 13.0. The van der Waals surface area contributed by atoms with Crippen molar-refractivity contribution in [1.29, 1.82) is 0 Å². The van der Waals surface area contributed by atoms with Gasteiger partial charge in [-0.05, 0) is 37.8 Å². The van der Waals surface area contributed by atoms with Crippen molar-refractivity contribution >= 4 is 5.97 Å². The molecule has 2 atom stereocenters. The third-order valence-electron chi connectivity index (χ3n) is 3.60. The lowest BCUT2D eigenvalue weighted by Crippen LogP contribution is -2.39. The van der Waals surface area contributed by atoms with E-state index in [0.29, 0.717) is 12.3 Å². The van der Waals surface area contributed by atoms with Crippen LogP contribution in [0.3, 0.4) is 0 Å². The number of rotatable bonds is 8. The van der Waals surface area contributed by atoms with Crippen molar-refractivity contribution in [3.8, 4) is 5.75 Å². The molecule has 0 bridgehead atoms. The fourth-order valence-electron chi connectivity index (χ4n) is 2.34. The van der Waals surface area contributed by atoms with Crippen LogP contribution in [-0.4, -0.2) is 18.2 Å². The molecule has 0 spiro atoms. The molecule has 0 saturated heterocycles. The third kappa shape index (κ3) is 4.87. The Morgan fingerprint density at radius 1 is 1.10 bits per heavy atom. The topological polar surface area (TPSA) is 35.5 Å². The zero-order chi connectivity index (χ0) is 15.0. The Kier molecular flexibility index (Phi) is 7.13. The Morgan fingerprint density at radius 3 is 2.20 bits per heavy atom. The number of esters is 1. The highest BCUT2D eigenvalue weighted by atomic mass is 16.6. The molecule has 0 radical (unpaired) electrons. The average molecular weight is 278 g/mol. The van der Waals surface area contributed by atoms with E-state index in [-0.39, 0.29) is 18.2 Å². The van der Waals surface area contributed by atoms with E-state index in [1.54, 1.807) is 0 Å². The lowest BCUT2D eigenvalue weighted by atomic mass is 9.93. The predicted octanol–water partition coefficient (Wildman–Crippen LogP) is 4.21. The maximum absolute atomic E-state index is 11.6. The van der Waals surface area contributed by atoms with Crippen LogP contribution in [0.15, 0.2) is 30.3 Å². The van der Waals surface area contributed by atoms with Gasteiger partial charge in [0, 0.05) is 6.42 Å². The van der Waals surface area contributed by atoms with Crippen LogP contribution >= 0.6 is 0 Å². The Labute approximate surface area is 122 Å². The number of ether oxygens (including phenoxy) is 2. The monoisotopic (exact) mass is 278 g/mol. The molecular formula is C17H26O3. The number of carbonyl (C=O) groups excluding carboxylic acids is 1. The highest BCUT2D eigenvalue weighted by Gasteiger charge is 2.29. The van der Waals surface area contributed by atoms with Gasteiger partial charge < -0.3 is 9.47 Å². The summed E-state index contributed by atoms with van der Waals surface area (Å²) in [6.45, 7) is 8.03. The van der Waals surface area contributed by atoms with E-state index < -0.39 is 0 Å². The van der Waals surface area contributed by atoms with Crippen LogP contribution in [0.4, 0.5) is 0 Å². The molecule has 1 aromatic rings.